The number of anilines is 1. The van der Waals surface area contributed by atoms with E-state index >= 15 is 0 Å². The smallest absolute Gasteiger partial charge is 0.354 e. The van der Waals surface area contributed by atoms with E-state index in [1.807, 2.05) is 6.92 Å². The highest BCUT2D eigenvalue weighted by molar-refractivity contribution is 7.93. The van der Waals surface area contributed by atoms with Crippen molar-refractivity contribution in [2.75, 3.05) is 5.32 Å². The zero-order valence-corrected chi connectivity index (χ0v) is 20.3. The predicted molar refractivity (Wildman–Crippen MR) is 124 cm³/mol. The fourth-order valence-corrected chi connectivity index (χ4v) is 7.17. The summed E-state index contributed by atoms with van der Waals surface area (Å²) < 4.78 is 17.3. The number of hydrogen-bond acceptors (Lipinski definition) is 5. The Kier molecular flexibility index (Phi) is 5.32. The summed E-state index contributed by atoms with van der Waals surface area (Å²) in [7, 11) is -3.44. The number of nitrogens with zero attached hydrogens (tertiary/aromatic N) is 2. The Morgan fingerprint density at radius 1 is 1.32 bits per heavy atom. The van der Waals surface area contributed by atoms with E-state index in [2.05, 4.69) is 23.5 Å². The van der Waals surface area contributed by atoms with Crippen molar-refractivity contribution in [2.24, 2.45) is 9.50 Å². The second-order valence-electron chi connectivity index (χ2n) is 9.66. The van der Waals surface area contributed by atoms with Gasteiger partial charge in [-0.15, -0.1) is 15.7 Å². The lowest BCUT2D eigenvalue weighted by molar-refractivity contribution is 0.0783. The van der Waals surface area contributed by atoms with Crippen molar-refractivity contribution in [1.29, 1.82) is 0 Å². The van der Waals surface area contributed by atoms with Crippen LogP contribution in [0.15, 0.2) is 14.6 Å². The van der Waals surface area contributed by atoms with Gasteiger partial charge in [0.2, 0.25) is 0 Å². The maximum Gasteiger partial charge on any atom is 0.354 e. The van der Waals surface area contributed by atoms with Crippen LogP contribution in [0.5, 0.6) is 0 Å². The summed E-state index contributed by atoms with van der Waals surface area (Å²) in [5, 5.41) is 19.2. The lowest BCUT2D eigenvalue weighted by Gasteiger charge is -2.20. The second-order valence-corrected chi connectivity index (χ2v) is 12.9. The van der Waals surface area contributed by atoms with Crippen molar-refractivity contribution in [3.63, 3.8) is 0 Å². The minimum absolute atomic E-state index is 0.0347. The van der Waals surface area contributed by atoms with Crippen LogP contribution in [0.2, 0.25) is 0 Å². The van der Waals surface area contributed by atoms with Gasteiger partial charge >= 0.3 is 6.03 Å². The molecule has 0 saturated heterocycles. The number of hydrogen-bond donors (Lipinski definition) is 3. The van der Waals surface area contributed by atoms with E-state index in [9.17, 15) is 14.1 Å². The SMILES string of the molecule is Cc1sc([S@](N)(=O)=NC(=O)Nc2c3c(nc4c2CCC4(C)C)CCC3)cc1C(C)(C)O. The molecular weight excluding hydrogens is 432 g/mol. The molecule has 0 saturated carbocycles. The highest BCUT2D eigenvalue weighted by Gasteiger charge is 2.36. The van der Waals surface area contributed by atoms with Gasteiger partial charge in [0.05, 0.1) is 17.0 Å². The molecule has 4 N–H and O–H groups in total. The second kappa shape index (κ2) is 7.37. The third-order valence-corrected chi connectivity index (χ3v) is 9.20. The number of thiophene rings is 1. The number of nitrogens with two attached hydrogens (primary N) is 1. The summed E-state index contributed by atoms with van der Waals surface area (Å²) in [6.07, 6.45) is 4.59. The Labute approximate surface area is 187 Å². The Morgan fingerprint density at radius 3 is 2.68 bits per heavy atom. The molecule has 7 nitrogen and oxygen atoms in total. The quantitative estimate of drug-likeness (QED) is 0.629. The topological polar surface area (TPSA) is 118 Å². The fourth-order valence-electron chi connectivity index (χ4n) is 4.64. The van der Waals surface area contributed by atoms with E-state index in [1.165, 1.54) is 11.3 Å². The number of aliphatic hydroxyl groups is 1. The number of carbonyl (C=O) groups is 1. The van der Waals surface area contributed by atoms with Crippen LogP contribution in [-0.4, -0.2) is 20.3 Å². The molecule has 2 aliphatic rings. The maximum absolute atomic E-state index is 13.1. The molecule has 0 aliphatic heterocycles. The van der Waals surface area contributed by atoms with Crippen molar-refractivity contribution in [1.82, 2.24) is 4.98 Å². The summed E-state index contributed by atoms with van der Waals surface area (Å²) in [4.78, 5) is 18.6. The molecule has 31 heavy (non-hydrogen) atoms. The van der Waals surface area contributed by atoms with Gasteiger partial charge in [-0.1, -0.05) is 13.8 Å². The van der Waals surface area contributed by atoms with Crippen LogP contribution in [0.25, 0.3) is 0 Å². The zero-order chi connectivity index (χ0) is 22.8. The highest BCUT2D eigenvalue weighted by Crippen LogP contribution is 2.44. The Morgan fingerprint density at radius 2 is 2.03 bits per heavy atom. The van der Waals surface area contributed by atoms with Crippen molar-refractivity contribution in [2.45, 2.75) is 81.9 Å². The first-order valence-corrected chi connectivity index (χ1v) is 12.9. The van der Waals surface area contributed by atoms with Gasteiger partial charge in [-0.3, -0.25) is 4.98 Å². The first-order chi connectivity index (χ1) is 14.3. The number of carbonyl (C=O) groups excluding carboxylic acids is 1. The number of urea groups is 1. The third-order valence-electron chi connectivity index (χ3n) is 6.26. The fraction of sp³-hybridized carbons (Fsp3) is 0.545. The summed E-state index contributed by atoms with van der Waals surface area (Å²) in [5.41, 5.74) is 4.50. The molecule has 2 amide bonds. The number of rotatable bonds is 3. The molecule has 0 aromatic carbocycles. The molecule has 0 unspecified atom stereocenters. The number of aromatic nitrogens is 1. The first kappa shape index (κ1) is 22.4. The Hall–Kier alpha value is -1.81. The van der Waals surface area contributed by atoms with Crippen LogP contribution in [0.3, 0.4) is 0 Å². The van der Waals surface area contributed by atoms with Crippen LogP contribution in [0.4, 0.5) is 10.5 Å². The van der Waals surface area contributed by atoms with Gasteiger partial charge in [0.15, 0.2) is 9.92 Å². The monoisotopic (exact) mass is 462 g/mol. The van der Waals surface area contributed by atoms with E-state index in [0.29, 0.717) is 5.56 Å². The van der Waals surface area contributed by atoms with Crippen molar-refractivity contribution in [3.8, 4) is 0 Å². The van der Waals surface area contributed by atoms with Crippen LogP contribution >= 0.6 is 11.3 Å². The summed E-state index contributed by atoms with van der Waals surface area (Å²) in [6.45, 7) is 9.48. The van der Waals surface area contributed by atoms with Gasteiger partial charge in [-0.05, 0) is 75.6 Å². The Balaban J connectivity index is 1.70. The predicted octanol–water partition coefficient (Wildman–Crippen LogP) is 4.32. The number of amides is 2. The lowest BCUT2D eigenvalue weighted by atomic mass is 9.90. The molecule has 2 aromatic heterocycles. The molecule has 2 aromatic rings. The van der Waals surface area contributed by atoms with Gasteiger partial charge in [0.25, 0.3) is 0 Å². The molecular formula is C22H30N4O3S2. The normalized spacial score (nSPS) is 18.9. The van der Waals surface area contributed by atoms with Crippen molar-refractivity contribution < 1.29 is 14.1 Å². The van der Waals surface area contributed by atoms with Gasteiger partial charge in [0.1, 0.15) is 4.21 Å². The lowest BCUT2D eigenvalue weighted by Crippen LogP contribution is -2.20. The molecule has 2 heterocycles. The van der Waals surface area contributed by atoms with E-state index in [1.54, 1.807) is 19.9 Å². The molecule has 9 heteroatoms. The van der Waals surface area contributed by atoms with E-state index < -0.39 is 21.5 Å². The van der Waals surface area contributed by atoms with E-state index in [-0.39, 0.29) is 9.62 Å². The third kappa shape index (κ3) is 4.04. The number of fused-ring (bicyclic) bond motifs is 2. The van der Waals surface area contributed by atoms with Crippen LogP contribution in [-0.2, 0) is 40.2 Å². The molecule has 4 rings (SSSR count). The van der Waals surface area contributed by atoms with Gasteiger partial charge in [-0.2, -0.15) is 0 Å². The van der Waals surface area contributed by atoms with E-state index in [4.69, 9.17) is 10.1 Å². The minimum Gasteiger partial charge on any atom is -0.386 e. The molecule has 0 fully saturated rings. The van der Waals surface area contributed by atoms with E-state index in [0.717, 1.165) is 65.2 Å². The molecule has 1 atom stereocenters. The molecule has 168 valence electrons. The van der Waals surface area contributed by atoms with Crippen LogP contribution < -0.4 is 10.5 Å². The summed E-state index contributed by atoms with van der Waals surface area (Å²) >= 11 is 1.19. The van der Waals surface area contributed by atoms with Crippen LogP contribution in [0.1, 0.15) is 73.5 Å². The maximum atomic E-state index is 13.1. The van der Waals surface area contributed by atoms with Gasteiger partial charge in [0, 0.05) is 16.0 Å². The summed E-state index contributed by atoms with van der Waals surface area (Å²) in [6, 6.07) is 0.874. The van der Waals surface area contributed by atoms with Crippen molar-refractivity contribution in [3.05, 3.63) is 39.0 Å². The number of nitrogens with one attached hydrogen (secondary N) is 1. The zero-order valence-electron chi connectivity index (χ0n) is 18.7. The largest absolute Gasteiger partial charge is 0.386 e. The average Bonchev–Trinajstić information content (AvgIpc) is 3.32. The number of aryl methyl sites for hydroxylation is 2. The average molecular weight is 463 g/mol. The molecule has 0 spiro atoms. The standard InChI is InChI=1S/C22H30N4O3S2/c1-12-15(22(4,5)28)11-17(30-12)31(23,29)26-20(27)25-18-13-7-6-8-16(13)24-19-14(18)9-10-21(19,2)3/h11,28H,6-10H2,1-5H3,(H3,23,24,25,26,27,29)/t31-/m1/s1. The minimum atomic E-state index is -3.44. The first-order valence-electron chi connectivity index (χ1n) is 10.5. The number of pyridine rings is 1. The van der Waals surface area contributed by atoms with Crippen LogP contribution in [0, 0.1) is 6.92 Å². The van der Waals surface area contributed by atoms with Gasteiger partial charge in [-0.25, -0.2) is 14.1 Å². The highest BCUT2D eigenvalue weighted by atomic mass is 32.2. The molecule has 0 radical (unpaired) electrons. The molecule has 2 aliphatic carbocycles. The molecule has 0 bridgehead atoms. The Bertz CT molecular complexity index is 1200. The van der Waals surface area contributed by atoms with Gasteiger partial charge < -0.3 is 10.4 Å². The van der Waals surface area contributed by atoms with Crippen molar-refractivity contribution >= 4 is 33.0 Å². The summed E-state index contributed by atoms with van der Waals surface area (Å²) in [5.74, 6) is 0.